The van der Waals surface area contributed by atoms with Gasteiger partial charge in [-0.25, -0.2) is 8.78 Å². The van der Waals surface area contributed by atoms with Crippen LogP contribution >= 0.6 is 11.6 Å². The molecule has 0 heterocycles. The highest BCUT2D eigenvalue weighted by Crippen LogP contribution is 2.16. The van der Waals surface area contributed by atoms with E-state index >= 15 is 0 Å². The van der Waals surface area contributed by atoms with Crippen LogP contribution in [0.5, 0.6) is 5.75 Å². The molecule has 1 N–H and O–H groups in total. The summed E-state index contributed by atoms with van der Waals surface area (Å²) in [6.07, 6.45) is 0. The second-order valence-electron chi connectivity index (χ2n) is 3.91. The molecule has 0 atom stereocenters. The number of benzene rings is 2. The third-order valence-corrected chi connectivity index (χ3v) is 2.64. The van der Waals surface area contributed by atoms with Gasteiger partial charge in [-0.1, -0.05) is 11.6 Å². The average molecular weight is 298 g/mol. The highest BCUT2D eigenvalue weighted by atomic mass is 35.5. The van der Waals surface area contributed by atoms with Gasteiger partial charge in [-0.2, -0.15) is 0 Å². The average Bonchev–Trinajstić information content (AvgIpc) is 2.41. The van der Waals surface area contributed by atoms with Crippen molar-refractivity contribution in [3.63, 3.8) is 0 Å². The summed E-state index contributed by atoms with van der Waals surface area (Å²) in [4.78, 5) is 11.6. The fourth-order valence-electron chi connectivity index (χ4n) is 1.46. The molecule has 20 heavy (non-hydrogen) atoms. The van der Waals surface area contributed by atoms with Gasteiger partial charge >= 0.3 is 0 Å². The molecular weight excluding hydrogens is 288 g/mol. The Morgan fingerprint density at radius 3 is 2.50 bits per heavy atom. The molecule has 0 unspecified atom stereocenters. The molecule has 1 amide bonds. The summed E-state index contributed by atoms with van der Waals surface area (Å²) in [6.45, 7) is -0.293. The molecule has 0 saturated carbocycles. The fraction of sp³-hybridized carbons (Fsp3) is 0.0714. The first-order chi connectivity index (χ1) is 9.54. The van der Waals surface area contributed by atoms with Gasteiger partial charge in [0.15, 0.2) is 6.61 Å². The van der Waals surface area contributed by atoms with Crippen LogP contribution < -0.4 is 10.1 Å². The molecule has 3 nitrogen and oxygen atoms in total. The van der Waals surface area contributed by atoms with Gasteiger partial charge in [0.2, 0.25) is 0 Å². The Labute approximate surface area is 119 Å². The van der Waals surface area contributed by atoms with Crippen molar-refractivity contribution >= 4 is 23.2 Å². The molecular formula is C14H10ClF2NO2. The highest BCUT2D eigenvalue weighted by Gasteiger charge is 2.08. The van der Waals surface area contributed by atoms with Gasteiger partial charge in [-0.3, -0.25) is 4.79 Å². The number of rotatable bonds is 4. The summed E-state index contributed by atoms with van der Waals surface area (Å²) in [7, 11) is 0. The molecule has 0 radical (unpaired) electrons. The monoisotopic (exact) mass is 297 g/mol. The normalized spacial score (nSPS) is 10.2. The van der Waals surface area contributed by atoms with Gasteiger partial charge in [0.25, 0.3) is 5.91 Å². The second-order valence-corrected chi connectivity index (χ2v) is 4.35. The minimum Gasteiger partial charge on any atom is -0.484 e. The number of anilines is 1. The highest BCUT2D eigenvalue weighted by molar-refractivity contribution is 6.30. The van der Waals surface area contributed by atoms with Gasteiger partial charge in [0.05, 0.1) is 5.69 Å². The lowest BCUT2D eigenvalue weighted by atomic mass is 10.3. The van der Waals surface area contributed by atoms with E-state index in [0.717, 1.165) is 12.1 Å². The summed E-state index contributed by atoms with van der Waals surface area (Å²) in [5.41, 5.74) is -0.101. The van der Waals surface area contributed by atoms with Crippen molar-refractivity contribution in [2.24, 2.45) is 0 Å². The van der Waals surface area contributed by atoms with E-state index in [9.17, 15) is 13.6 Å². The van der Waals surface area contributed by atoms with Crippen molar-refractivity contribution in [3.8, 4) is 5.75 Å². The van der Waals surface area contributed by atoms with Crippen LogP contribution in [-0.4, -0.2) is 12.5 Å². The quantitative estimate of drug-likeness (QED) is 0.936. The van der Waals surface area contributed by atoms with Crippen LogP contribution in [-0.2, 0) is 4.79 Å². The summed E-state index contributed by atoms with van der Waals surface area (Å²) in [5, 5.41) is 2.84. The van der Waals surface area contributed by atoms with Gasteiger partial charge < -0.3 is 10.1 Å². The van der Waals surface area contributed by atoms with E-state index in [1.54, 1.807) is 24.3 Å². The van der Waals surface area contributed by atoms with Crippen molar-refractivity contribution in [1.29, 1.82) is 0 Å². The first-order valence-corrected chi connectivity index (χ1v) is 6.05. The number of hydrogen-bond donors (Lipinski definition) is 1. The molecule has 6 heteroatoms. The van der Waals surface area contributed by atoms with Crippen LogP contribution in [0, 0.1) is 11.6 Å². The number of halogens is 3. The zero-order chi connectivity index (χ0) is 14.5. The van der Waals surface area contributed by atoms with Crippen LogP contribution in [0.2, 0.25) is 5.02 Å². The smallest absolute Gasteiger partial charge is 0.262 e. The molecule has 104 valence electrons. The van der Waals surface area contributed by atoms with Gasteiger partial charge in [-0.05, 0) is 36.4 Å². The van der Waals surface area contributed by atoms with E-state index in [2.05, 4.69) is 5.32 Å². The molecule has 0 fully saturated rings. The van der Waals surface area contributed by atoms with Crippen molar-refractivity contribution in [2.45, 2.75) is 0 Å². The summed E-state index contributed by atoms with van der Waals surface area (Å²) in [6, 6.07) is 9.34. The topological polar surface area (TPSA) is 38.3 Å². The van der Waals surface area contributed by atoms with Crippen molar-refractivity contribution in [3.05, 3.63) is 59.1 Å². The Morgan fingerprint density at radius 1 is 1.15 bits per heavy atom. The van der Waals surface area contributed by atoms with Crippen LogP contribution in [0.25, 0.3) is 0 Å². The predicted octanol–water partition coefficient (Wildman–Crippen LogP) is 3.64. The van der Waals surface area contributed by atoms with Crippen LogP contribution in [0.15, 0.2) is 42.5 Å². The van der Waals surface area contributed by atoms with Gasteiger partial charge in [0.1, 0.15) is 17.4 Å². The van der Waals surface area contributed by atoms with Crippen molar-refractivity contribution < 1.29 is 18.3 Å². The first kappa shape index (κ1) is 14.3. The molecule has 0 spiro atoms. The molecule has 0 saturated heterocycles. The Bertz CT molecular complexity index is 617. The predicted molar refractivity (Wildman–Crippen MR) is 71.9 cm³/mol. The minimum absolute atomic E-state index is 0.101. The van der Waals surface area contributed by atoms with Gasteiger partial charge in [-0.15, -0.1) is 0 Å². The molecule has 0 aliphatic carbocycles. The summed E-state index contributed by atoms with van der Waals surface area (Å²) in [5.74, 6) is -1.64. The van der Waals surface area contributed by atoms with Crippen LogP contribution in [0.1, 0.15) is 0 Å². The van der Waals surface area contributed by atoms with Gasteiger partial charge in [0, 0.05) is 11.1 Å². The van der Waals surface area contributed by atoms with E-state index in [1.165, 1.54) is 0 Å². The molecule has 0 bridgehead atoms. The second kappa shape index (κ2) is 6.34. The molecule has 0 aliphatic heterocycles. The van der Waals surface area contributed by atoms with Crippen LogP contribution in [0.3, 0.4) is 0 Å². The molecule has 2 aromatic rings. The minimum atomic E-state index is -0.843. The summed E-state index contributed by atoms with van der Waals surface area (Å²) >= 11 is 5.70. The lowest BCUT2D eigenvalue weighted by Crippen LogP contribution is -2.20. The SMILES string of the molecule is O=C(COc1ccc(Cl)cc1)Nc1ccc(F)cc1F. The number of ether oxygens (including phenoxy) is 1. The molecule has 2 aromatic carbocycles. The van der Waals surface area contributed by atoms with E-state index in [1.807, 2.05) is 0 Å². The maximum absolute atomic E-state index is 13.3. The Kier molecular flexibility index (Phi) is 4.53. The molecule has 2 rings (SSSR count). The third kappa shape index (κ3) is 3.93. The molecule has 0 aromatic heterocycles. The first-order valence-electron chi connectivity index (χ1n) is 5.68. The van der Waals surface area contributed by atoms with E-state index in [0.29, 0.717) is 16.8 Å². The van der Waals surface area contributed by atoms with E-state index in [-0.39, 0.29) is 12.3 Å². The zero-order valence-electron chi connectivity index (χ0n) is 10.2. The lowest BCUT2D eigenvalue weighted by Gasteiger charge is -2.08. The van der Waals surface area contributed by atoms with E-state index in [4.69, 9.17) is 16.3 Å². The maximum atomic E-state index is 13.3. The zero-order valence-corrected chi connectivity index (χ0v) is 11.0. The Balaban J connectivity index is 1.90. The van der Waals surface area contributed by atoms with Crippen LogP contribution in [0.4, 0.5) is 14.5 Å². The number of carbonyl (C=O) groups excluding carboxylic acids is 1. The maximum Gasteiger partial charge on any atom is 0.262 e. The molecule has 0 aliphatic rings. The van der Waals surface area contributed by atoms with E-state index < -0.39 is 17.5 Å². The largest absolute Gasteiger partial charge is 0.484 e. The fourth-order valence-corrected chi connectivity index (χ4v) is 1.58. The summed E-state index contributed by atoms with van der Waals surface area (Å²) < 4.78 is 31.2. The number of nitrogens with one attached hydrogen (secondary N) is 1. The Hall–Kier alpha value is -2.14. The third-order valence-electron chi connectivity index (χ3n) is 2.39. The standard InChI is InChI=1S/C14H10ClF2NO2/c15-9-1-4-11(5-2-9)20-8-14(19)18-13-6-3-10(16)7-12(13)17/h1-7H,8H2,(H,18,19). The lowest BCUT2D eigenvalue weighted by molar-refractivity contribution is -0.118. The van der Waals surface area contributed by atoms with Crippen molar-refractivity contribution in [2.75, 3.05) is 11.9 Å². The number of hydrogen-bond acceptors (Lipinski definition) is 2. The number of carbonyl (C=O) groups is 1. The Morgan fingerprint density at radius 2 is 1.85 bits per heavy atom. The van der Waals surface area contributed by atoms with Crippen molar-refractivity contribution in [1.82, 2.24) is 0 Å². The number of amides is 1.